The Hall–Kier alpha value is -2.47. The van der Waals surface area contributed by atoms with Gasteiger partial charge in [-0.15, -0.1) is 10.2 Å². The minimum Gasteiger partial charge on any atom is -0.385 e. The van der Waals surface area contributed by atoms with Crippen LogP contribution in [0.3, 0.4) is 0 Å². The van der Waals surface area contributed by atoms with Gasteiger partial charge in [-0.25, -0.2) is 0 Å². The van der Waals surface area contributed by atoms with Crippen LogP contribution in [0, 0.1) is 6.92 Å². The molecule has 22 heavy (non-hydrogen) atoms. The Balaban J connectivity index is 1.91. The number of hydrogen-bond acceptors (Lipinski definition) is 5. The molecule has 0 aliphatic rings. The van der Waals surface area contributed by atoms with Crippen LogP contribution in [0.1, 0.15) is 22.3 Å². The number of amides is 1. The summed E-state index contributed by atoms with van der Waals surface area (Å²) >= 11 is 0. The Kier molecular flexibility index (Phi) is 5.85. The van der Waals surface area contributed by atoms with Gasteiger partial charge in [0.15, 0.2) is 5.82 Å². The van der Waals surface area contributed by atoms with Gasteiger partial charge in [0, 0.05) is 25.8 Å². The first-order valence-corrected chi connectivity index (χ1v) is 7.14. The molecular formula is C16H20N4O2. The SMILES string of the molecule is COCCCNc1ccc(NC(=O)c2ccccc2C)nn1. The molecule has 1 heterocycles. The summed E-state index contributed by atoms with van der Waals surface area (Å²) in [6, 6.07) is 10.9. The van der Waals surface area contributed by atoms with Crippen molar-refractivity contribution in [2.75, 3.05) is 30.9 Å². The van der Waals surface area contributed by atoms with Crippen LogP contribution in [-0.2, 0) is 4.74 Å². The zero-order valence-corrected chi connectivity index (χ0v) is 12.8. The van der Waals surface area contributed by atoms with Crippen molar-refractivity contribution in [3.63, 3.8) is 0 Å². The van der Waals surface area contributed by atoms with E-state index >= 15 is 0 Å². The summed E-state index contributed by atoms with van der Waals surface area (Å²) in [7, 11) is 1.67. The number of nitrogens with one attached hydrogen (secondary N) is 2. The van der Waals surface area contributed by atoms with E-state index in [-0.39, 0.29) is 5.91 Å². The number of nitrogens with zero attached hydrogens (tertiary/aromatic N) is 2. The van der Waals surface area contributed by atoms with Gasteiger partial charge >= 0.3 is 0 Å². The number of ether oxygens (including phenoxy) is 1. The molecule has 116 valence electrons. The van der Waals surface area contributed by atoms with Gasteiger partial charge < -0.3 is 15.4 Å². The molecule has 2 rings (SSSR count). The maximum absolute atomic E-state index is 12.2. The topological polar surface area (TPSA) is 76.1 Å². The van der Waals surface area contributed by atoms with Crippen molar-refractivity contribution in [1.82, 2.24) is 10.2 Å². The quantitative estimate of drug-likeness (QED) is 0.768. The van der Waals surface area contributed by atoms with Crippen LogP contribution in [0.15, 0.2) is 36.4 Å². The summed E-state index contributed by atoms with van der Waals surface area (Å²) in [6.07, 6.45) is 0.893. The second-order valence-corrected chi connectivity index (χ2v) is 4.85. The number of anilines is 2. The van der Waals surface area contributed by atoms with Crippen LogP contribution in [0.5, 0.6) is 0 Å². The molecule has 2 N–H and O–H groups in total. The summed E-state index contributed by atoms with van der Waals surface area (Å²) < 4.78 is 4.97. The normalized spacial score (nSPS) is 10.3. The lowest BCUT2D eigenvalue weighted by Gasteiger charge is -2.08. The molecule has 0 spiro atoms. The number of rotatable bonds is 7. The van der Waals surface area contributed by atoms with Crippen molar-refractivity contribution in [3.05, 3.63) is 47.5 Å². The average Bonchev–Trinajstić information content (AvgIpc) is 2.53. The van der Waals surface area contributed by atoms with Crippen molar-refractivity contribution in [2.45, 2.75) is 13.3 Å². The number of benzene rings is 1. The van der Waals surface area contributed by atoms with E-state index in [1.165, 1.54) is 0 Å². The van der Waals surface area contributed by atoms with Crippen LogP contribution in [0.4, 0.5) is 11.6 Å². The van der Waals surface area contributed by atoms with Crippen LogP contribution in [0.2, 0.25) is 0 Å². The van der Waals surface area contributed by atoms with Crippen LogP contribution in [0.25, 0.3) is 0 Å². The minimum atomic E-state index is -0.187. The monoisotopic (exact) mass is 300 g/mol. The molecule has 1 amide bonds. The summed E-state index contributed by atoms with van der Waals surface area (Å²) in [5, 5.41) is 13.9. The van der Waals surface area contributed by atoms with E-state index in [0.29, 0.717) is 23.8 Å². The van der Waals surface area contributed by atoms with Gasteiger partial charge in [-0.05, 0) is 37.1 Å². The highest BCUT2D eigenvalue weighted by atomic mass is 16.5. The van der Waals surface area contributed by atoms with Crippen molar-refractivity contribution in [2.24, 2.45) is 0 Å². The molecule has 0 radical (unpaired) electrons. The van der Waals surface area contributed by atoms with Crippen molar-refractivity contribution in [3.8, 4) is 0 Å². The Labute approximate surface area is 129 Å². The van der Waals surface area contributed by atoms with E-state index in [1.807, 2.05) is 25.1 Å². The van der Waals surface area contributed by atoms with Gasteiger partial charge in [-0.1, -0.05) is 18.2 Å². The first-order chi connectivity index (χ1) is 10.7. The predicted molar refractivity (Wildman–Crippen MR) is 86.1 cm³/mol. The van der Waals surface area contributed by atoms with E-state index in [0.717, 1.165) is 18.5 Å². The Morgan fingerprint density at radius 2 is 1.86 bits per heavy atom. The Morgan fingerprint density at radius 1 is 1.14 bits per heavy atom. The van der Waals surface area contributed by atoms with E-state index in [2.05, 4.69) is 20.8 Å². The van der Waals surface area contributed by atoms with Crippen LogP contribution in [-0.4, -0.2) is 36.4 Å². The largest absolute Gasteiger partial charge is 0.385 e. The second-order valence-electron chi connectivity index (χ2n) is 4.85. The molecule has 0 bridgehead atoms. The summed E-state index contributed by atoms with van der Waals surface area (Å²) in [6.45, 7) is 3.36. The third kappa shape index (κ3) is 4.53. The highest BCUT2D eigenvalue weighted by molar-refractivity contribution is 6.04. The summed E-state index contributed by atoms with van der Waals surface area (Å²) in [4.78, 5) is 12.2. The maximum atomic E-state index is 12.2. The Bertz CT molecular complexity index is 614. The third-order valence-electron chi connectivity index (χ3n) is 3.13. The minimum absolute atomic E-state index is 0.187. The zero-order chi connectivity index (χ0) is 15.8. The highest BCUT2D eigenvalue weighted by Crippen LogP contribution is 2.11. The number of aryl methyl sites for hydroxylation is 1. The predicted octanol–water partition coefficient (Wildman–Crippen LogP) is 2.49. The van der Waals surface area contributed by atoms with Crippen LogP contribution < -0.4 is 10.6 Å². The zero-order valence-electron chi connectivity index (χ0n) is 12.8. The highest BCUT2D eigenvalue weighted by Gasteiger charge is 2.09. The first kappa shape index (κ1) is 15.9. The fourth-order valence-corrected chi connectivity index (χ4v) is 1.94. The molecule has 0 atom stereocenters. The van der Waals surface area contributed by atoms with Crippen molar-refractivity contribution >= 4 is 17.5 Å². The standard InChI is InChI=1S/C16H20N4O2/c1-12-6-3-4-7-13(12)16(21)18-15-9-8-14(19-20-15)17-10-5-11-22-2/h3-4,6-9H,5,10-11H2,1-2H3,(H,17,19)(H,18,20,21). The van der Waals surface area contributed by atoms with E-state index in [4.69, 9.17) is 4.74 Å². The molecule has 0 unspecified atom stereocenters. The molecule has 0 aliphatic heterocycles. The third-order valence-corrected chi connectivity index (χ3v) is 3.13. The fraction of sp³-hybridized carbons (Fsp3) is 0.312. The number of methoxy groups -OCH3 is 1. The lowest BCUT2D eigenvalue weighted by molar-refractivity contribution is 0.102. The molecular weight excluding hydrogens is 280 g/mol. The van der Waals surface area contributed by atoms with E-state index in [1.54, 1.807) is 25.3 Å². The molecule has 0 fully saturated rings. The molecule has 0 saturated carbocycles. The lowest BCUT2D eigenvalue weighted by Crippen LogP contribution is -2.15. The Morgan fingerprint density at radius 3 is 2.55 bits per heavy atom. The van der Waals surface area contributed by atoms with Gasteiger partial charge in [0.2, 0.25) is 0 Å². The molecule has 0 aliphatic carbocycles. The van der Waals surface area contributed by atoms with E-state index in [9.17, 15) is 4.79 Å². The molecule has 1 aromatic carbocycles. The summed E-state index contributed by atoms with van der Waals surface area (Å²) in [5.74, 6) is 0.911. The molecule has 1 aromatic heterocycles. The lowest BCUT2D eigenvalue weighted by atomic mass is 10.1. The molecule has 0 saturated heterocycles. The van der Waals surface area contributed by atoms with E-state index < -0.39 is 0 Å². The van der Waals surface area contributed by atoms with Crippen molar-refractivity contribution < 1.29 is 9.53 Å². The van der Waals surface area contributed by atoms with Gasteiger partial charge in [0.05, 0.1) is 0 Å². The maximum Gasteiger partial charge on any atom is 0.257 e. The van der Waals surface area contributed by atoms with Gasteiger partial charge in [-0.3, -0.25) is 4.79 Å². The van der Waals surface area contributed by atoms with Gasteiger partial charge in [0.1, 0.15) is 5.82 Å². The first-order valence-electron chi connectivity index (χ1n) is 7.14. The average molecular weight is 300 g/mol. The number of hydrogen-bond donors (Lipinski definition) is 2. The summed E-state index contributed by atoms with van der Waals surface area (Å²) in [5.41, 5.74) is 1.55. The van der Waals surface area contributed by atoms with Gasteiger partial charge in [-0.2, -0.15) is 0 Å². The van der Waals surface area contributed by atoms with Crippen LogP contribution >= 0.6 is 0 Å². The molecule has 6 heteroatoms. The number of carbonyl (C=O) groups is 1. The fourth-order valence-electron chi connectivity index (χ4n) is 1.94. The van der Waals surface area contributed by atoms with Gasteiger partial charge in [0.25, 0.3) is 5.91 Å². The second kappa shape index (κ2) is 8.09. The smallest absolute Gasteiger partial charge is 0.257 e. The molecule has 6 nitrogen and oxygen atoms in total. The molecule has 2 aromatic rings. The van der Waals surface area contributed by atoms with Crippen molar-refractivity contribution in [1.29, 1.82) is 0 Å². The number of aromatic nitrogens is 2. The number of carbonyl (C=O) groups excluding carboxylic acids is 1.